The van der Waals surface area contributed by atoms with Crippen molar-refractivity contribution in [1.29, 1.82) is 0 Å². The van der Waals surface area contributed by atoms with E-state index in [-0.39, 0.29) is 5.56 Å². The number of fused-ring (bicyclic) bond motifs is 1. The molecule has 0 saturated heterocycles. The van der Waals surface area contributed by atoms with Crippen LogP contribution in [0.3, 0.4) is 0 Å². The number of benzene rings is 1. The second-order valence-electron chi connectivity index (χ2n) is 4.22. The maximum absolute atomic E-state index is 12.4. The van der Waals surface area contributed by atoms with E-state index in [2.05, 4.69) is 9.97 Å². The van der Waals surface area contributed by atoms with Crippen molar-refractivity contribution in [3.63, 3.8) is 0 Å². The number of aromatic nitrogens is 3. The maximum atomic E-state index is 12.4. The summed E-state index contributed by atoms with van der Waals surface area (Å²) in [5, 5.41) is 3.58. The summed E-state index contributed by atoms with van der Waals surface area (Å²) >= 11 is 6.82. The molecule has 96 valence electrons. The zero-order valence-corrected chi connectivity index (χ0v) is 11.8. The molecule has 1 aromatic carbocycles. The molecule has 1 N–H and O–H groups in total. The number of hydrogen-bond donors (Lipinski definition) is 1. The van der Waals surface area contributed by atoms with E-state index >= 15 is 0 Å². The van der Waals surface area contributed by atoms with E-state index in [1.807, 2.05) is 30.5 Å². The third-order valence-corrected chi connectivity index (χ3v) is 4.02. The highest BCUT2D eigenvalue weighted by atomic mass is 32.1. The van der Waals surface area contributed by atoms with Gasteiger partial charge in [0, 0.05) is 5.38 Å². The molecule has 3 rings (SSSR count). The van der Waals surface area contributed by atoms with Gasteiger partial charge in [-0.15, -0.1) is 11.3 Å². The molecule has 0 amide bonds. The van der Waals surface area contributed by atoms with Crippen molar-refractivity contribution >= 4 is 34.5 Å². The van der Waals surface area contributed by atoms with Crippen LogP contribution < -0.4 is 5.56 Å². The van der Waals surface area contributed by atoms with Crippen LogP contribution in [0.25, 0.3) is 10.9 Å². The molecule has 0 unspecified atom stereocenters. The largest absolute Gasteiger partial charge is 0.332 e. The van der Waals surface area contributed by atoms with Gasteiger partial charge in [0.15, 0.2) is 4.77 Å². The van der Waals surface area contributed by atoms with Gasteiger partial charge in [-0.3, -0.25) is 9.36 Å². The van der Waals surface area contributed by atoms with Crippen LogP contribution in [0.4, 0.5) is 0 Å². The Morgan fingerprint density at radius 3 is 2.95 bits per heavy atom. The summed E-state index contributed by atoms with van der Waals surface area (Å²) in [6, 6.07) is 7.37. The van der Waals surface area contributed by atoms with E-state index in [9.17, 15) is 4.79 Å². The number of thiazole rings is 1. The van der Waals surface area contributed by atoms with Crippen molar-refractivity contribution in [2.45, 2.75) is 13.5 Å². The first-order chi connectivity index (χ1) is 9.15. The highest BCUT2D eigenvalue weighted by molar-refractivity contribution is 7.71. The Balaban J connectivity index is 2.18. The number of rotatable bonds is 2. The Labute approximate surface area is 118 Å². The lowest BCUT2D eigenvalue weighted by Gasteiger charge is -2.06. The van der Waals surface area contributed by atoms with E-state index in [4.69, 9.17) is 12.2 Å². The van der Waals surface area contributed by atoms with Crippen molar-refractivity contribution in [1.82, 2.24) is 14.5 Å². The summed E-state index contributed by atoms with van der Waals surface area (Å²) in [4.78, 5) is 19.9. The molecule has 0 fully saturated rings. The average molecular weight is 289 g/mol. The SMILES string of the molecule is Cc1nc(Cn2c(=S)[nH]c3ccccc3c2=O)cs1. The molecule has 4 nitrogen and oxygen atoms in total. The Bertz CT molecular complexity index is 860. The molecule has 3 aromatic rings. The van der Waals surface area contributed by atoms with E-state index in [1.54, 1.807) is 22.0 Å². The third-order valence-electron chi connectivity index (χ3n) is 2.88. The van der Waals surface area contributed by atoms with Crippen molar-refractivity contribution in [2.75, 3.05) is 0 Å². The second-order valence-corrected chi connectivity index (χ2v) is 5.67. The summed E-state index contributed by atoms with van der Waals surface area (Å²) in [6.07, 6.45) is 0. The van der Waals surface area contributed by atoms with Crippen LogP contribution in [0, 0.1) is 11.7 Å². The molecule has 0 radical (unpaired) electrons. The smallest absolute Gasteiger partial charge is 0.262 e. The fraction of sp³-hybridized carbons (Fsp3) is 0.154. The van der Waals surface area contributed by atoms with E-state index in [0.717, 1.165) is 16.2 Å². The summed E-state index contributed by atoms with van der Waals surface area (Å²) in [6.45, 7) is 2.35. The zero-order valence-electron chi connectivity index (χ0n) is 10.2. The lowest BCUT2D eigenvalue weighted by molar-refractivity contribution is 0.719. The van der Waals surface area contributed by atoms with Gasteiger partial charge in [-0.1, -0.05) is 12.1 Å². The minimum Gasteiger partial charge on any atom is -0.332 e. The molecule has 19 heavy (non-hydrogen) atoms. The van der Waals surface area contributed by atoms with Gasteiger partial charge < -0.3 is 4.98 Å². The van der Waals surface area contributed by atoms with E-state index in [0.29, 0.717) is 16.7 Å². The van der Waals surface area contributed by atoms with Gasteiger partial charge in [-0.25, -0.2) is 4.98 Å². The third kappa shape index (κ3) is 2.24. The van der Waals surface area contributed by atoms with Gasteiger partial charge in [0.2, 0.25) is 0 Å². The molecule has 0 aliphatic heterocycles. The molecule has 6 heteroatoms. The second kappa shape index (κ2) is 4.71. The number of aryl methyl sites for hydroxylation is 1. The molecule has 2 heterocycles. The lowest BCUT2D eigenvalue weighted by Crippen LogP contribution is -2.22. The van der Waals surface area contributed by atoms with Crippen LogP contribution in [0.15, 0.2) is 34.4 Å². The highest BCUT2D eigenvalue weighted by Gasteiger charge is 2.07. The summed E-state index contributed by atoms with van der Waals surface area (Å²) in [7, 11) is 0. The first kappa shape index (κ1) is 12.3. The standard InChI is InChI=1S/C13H11N3OS2/c1-8-14-9(7-19-8)6-16-12(17)10-4-2-3-5-11(10)15-13(16)18/h2-5,7H,6H2,1H3,(H,15,18). The van der Waals surface area contributed by atoms with Crippen LogP contribution in [-0.4, -0.2) is 14.5 Å². The molecular formula is C13H11N3OS2. The molecule has 0 spiro atoms. The number of aromatic amines is 1. The fourth-order valence-electron chi connectivity index (χ4n) is 1.99. The predicted octanol–water partition coefficient (Wildman–Crippen LogP) is 2.87. The zero-order chi connectivity index (χ0) is 13.4. The van der Waals surface area contributed by atoms with Gasteiger partial charge >= 0.3 is 0 Å². The molecular weight excluding hydrogens is 278 g/mol. The number of hydrogen-bond acceptors (Lipinski definition) is 4. The van der Waals surface area contributed by atoms with Gasteiger partial charge in [-0.2, -0.15) is 0 Å². The summed E-state index contributed by atoms with van der Waals surface area (Å²) in [5.41, 5.74) is 1.55. The molecule has 0 saturated carbocycles. The van der Waals surface area contributed by atoms with E-state index < -0.39 is 0 Å². The van der Waals surface area contributed by atoms with Gasteiger partial charge in [0.1, 0.15) is 0 Å². The van der Waals surface area contributed by atoms with Gasteiger partial charge in [0.05, 0.1) is 28.1 Å². The molecule has 2 aromatic heterocycles. The minimum absolute atomic E-state index is 0.0787. The topological polar surface area (TPSA) is 50.7 Å². The lowest BCUT2D eigenvalue weighted by atomic mass is 10.2. The van der Waals surface area contributed by atoms with Gasteiger partial charge in [-0.05, 0) is 31.3 Å². The average Bonchev–Trinajstić information content (AvgIpc) is 2.80. The minimum atomic E-state index is -0.0787. The summed E-state index contributed by atoms with van der Waals surface area (Å²) < 4.78 is 1.97. The van der Waals surface area contributed by atoms with Crippen LogP contribution in [-0.2, 0) is 6.54 Å². The van der Waals surface area contributed by atoms with Crippen LogP contribution >= 0.6 is 23.6 Å². The van der Waals surface area contributed by atoms with Crippen molar-refractivity contribution in [2.24, 2.45) is 0 Å². The molecule has 0 aliphatic carbocycles. The monoisotopic (exact) mass is 289 g/mol. The number of nitrogens with zero attached hydrogens (tertiary/aromatic N) is 2. The normalized spacial score (nSPS) is 11.0. The fourth-order valence-corrected chi connectivity index (χ4v) is 2.85. The van der Waals surface area contributed by atoms with E-state index in [1.165, 1.54) is 0 Å². The quantitative estimate of drug-likeness (QED) is 0.738. The first-order valence-corrected chi connectivity index (χ1v) is 7.07. The predicted molar refractivity (Wildman–Crippen MR) is 79.3 cm³/mol. The summed E-state index contributed by atoms with van der Waals surface area (Å²) in [5.74, 6) is 0. The van der Waals surface area contributed by atoms with Crippen molar-refractivity contribution < 1.29 is 0 Å². The Morgan fingerprint density at radius 2 is 2.21 bits per heavy atom. The number of nitrogens with one attached hydrogen (secondary N) is 1. The Kier molecular flexibility index (Phi) is 3.04. The van der Waals surface area contributed by atoms with Gasteiger partial charge in [0.25, 0.3) is 5.56 Å². The number of para-hydroxylation sites is 1. The molecule has 0 atom stereocenters. The van der Waals surface area contributed by atoms with Crippen molar-refractivity contribution in [3.05, 3.63) is 55.5 Å². The highest BCUT2D eigenvalue weighted by Crippen LogP contribution is 2.10. The van der Waals surface area contributed by atoms with Crippen molar-refractivity contribution in [3.8, 4) is 0 Å². The van der Waals surface area contributed by atoms with Crippen LogP contribution in [0.5, 0.6) is 0 Å². The Morgan fingerprint density at radius 1 is 1.42 bits per heavy atom. The first-order valence-electron chi connectivity index (χ1n) is 5.78. The molecule has 0 bridgehead atoms. The molecule has 0 aliphatic rings. The van der Waals surface area contributed by atoms with Crippen LogP contribution in [0.2, 0.25) is 0 Å². The number of H-pyrrole nitrogens is 1. The maximum Gasteiger partial charge on any atom is 0.262 e. The Hall–Kier alpha value is -1.79. The van der Waals surface area contributed by atoms with Crippen LogP contribution in [0.1, 0.15) is 10.7 Å².